The molecule has 1 aliphatic carbocycles. The van der Waals surface area contributed by atoms with Crippen LogP contribution < -0.4 is 10.4 Å². The van der Waals surface area contributed by atoms with Crippen LogP contribution in [-0.4, -0.2) is 33.4 Å². The molecule has 0 radical (unpaired) electrons. The van der Waals surface area contributed by atoms with Gasteiger partial charge in [0.25, 0.3) is 0 Å². The summed E-state index contributed by atoms with van der Waals surface area (Å²) < 4.78 is 30.7. The summed E-state index contributed by atoms with van der Waals surface area (Å²) in [4.78, 5) is 0.398. The molecule has 41 heavy (non-hydrogen) atoms. The highest BCUT2D eigenvalue weighted by atomic mass is 32.2. The smallest absolute Gasteiger partial charge is 0.207 e. The molecule has 1 fully saturated rings. The maximum Gasteiger partial charge on any atom is 0.243 e. The molecule has 212 valence electrons. The van der Waals surface area contributed by atoms with Crippen LogP contribution in [0.3, 0.4) is 0 Å². The van der Waals surface area contributed by atoms with Crippen molar-refractivity contribution in [3.8, 4) is 0 Å². The van der Waals surface area contributed by atoms with Crippen molar-refractivity contribution < 1.29 is 8.42 Å². The Morgan fingerprint density at radius 2 is 1.37 bits per heavy atom. The topological polar surface area (TPSA) is 37.4 Å². The summed E-state index contributed by atoms with van der Waals surface area (Å²) in [5, 5.41) is 2.69. The van der Waals surface area contributed by atoms with E-state index in [1.54, 1.807) is 12.1 Å². The van der Waals surface area contributed by atoms with E-state index in [4.69, 9.17) is 0 Å². The van der Waals surface area contributed by atoms with E-state index in [0.29, 0.717) is 11.4 Å². The number of benzene rings is 4. The van der Waals surface area contributed by atoms with Crippen molar-refractivity contribution in [1.82, 2.24) is 4.31 Å². The zero-order chi connectivity index (χ0) is 28.9. The molecule has 1 aliphatic heterocycles. The summed E-state index contributed by atoms with van der Waals surface area (Å²) in [5.41, 5.74) is 3.64. The molecule has 2 atom stereocenters. The van der Waals surface area contributed by atoms with E-state index in [0.717, 1.165) is 30.9 Å². The first kappa shape index (κ1) is 28.1. The number of aryl methyl sites for hydroxylation is 2. The van der Waals surface area contributed by atoms with E-state index in [2.05, 4.69) is 106 Å². The minimum Gasteiger partial charge on any atom is -0.207 e. The molecule has 0 N–H and O–H groups in total. The molecular formula is C36H41NO2SSi. The quantitative estimate of drug-likeness (QED) is 0.238. The Kier molecular flexibility index (Phi) is 7.12. The van der Waals surface area contributed by atoms with Crippen molar-refractivity contribution in [1.29, 1.82) is 0 Å². The Hall–Kier alpha value is -2.99. The van der Waals surface area contributed by atoms with Crippen LogP contribution in [0.1, 0.15) is 50.3 Å². The predicted molar refractivity (Wildman–Crippen MR) is 172 cm³/mol. The van der Waals surface area contributed by atoms with Gasteiger partial charge in [0, 0.05) is 18.0 Å². The van der Waals surface area contributed by atoms with Gasteiger partial charge in [-0.15, -0.1) is 0 Å². The molecular weight excluding hydrogens is 539 g/mol. The molecule has 3 nitrogen and oxygen atoms in total. The molecule has 5 heteroatoms. The predicted octanol–water partition coefficient (Wildman–Crippen LogP) is 6.71. The van der Waals surface area contributed by atoms with Crippen LogP contribution in [0.2, 0.25) is 11.1 Å². The highest BCUT2D eigenvalue weighted by Gasteiger charge is 2.62. The van der Waals surface area contributed by atoms with Gasteiger partial charge in [-0.2, -0.15) is 4.31 Å². The number of rotatable bonds is 6. The molecule has 4 aromatic rings. The second-order valence-corrected chi connectivity index (χ2v) is 19.9. The van der Waals surface area contributed by atoms with E-state index in [1.165, 1.54) is 21.5 Å². The molecule has 0 aromatic heterocycles. The molecule has 1 spiro atoms. The maximum absolute atomic E-state index is 14.4. The molecule has 6 rings (SSSR count). The zero-order valence-corrected chi connectivity index (χ0v) is 26.5. The first-order valence-corrected chi connectivity index (χ1v) is 18.5. The van der Waals surface area contributed by atoms with Crippen molar-refractivity contribution in [3.63, 3.8) is 0 Å². The van der Waals surface area contributed by atoms with E-state index >= 15 is 0 Å². The van der Waals surface area contributed by atoms with Gasteiger partial charge in [-0.05, 0) is 60.5 Å². The van der Waals surface area contributed by atoms with Crippen LogP contribution in [0.25, 0.3) is 0 Å². The maximum atomic E-state index is 14.4. The number of hydrogen-bond donors (Lipinski definition) is 0. The van der Waals surface area contributed by atoms with Crippen LogP contribution in [0.15, 0.2) is 114 Å². The summed E-state index contributed by atoms with van der Waals surface area (Å²) >= 11 is 0. The van der Waals surface area contributed by atoms with E-state index < -0.39 is 18.1 Å². The first-order valence-electron chi connectivity index (χ1n) is 14.9. The van der Waals surface area contributed by atoms with Gasteiger partial charge in [-0.3, -0.25) is 0 Å². The summed E-state index contributed by atoms with van der Waals surface area (Å²) in [6.45, 7) is 9.66. The summed E-state index contributed by atoms with van der Waals surface area (Å²) in [6.07, 6.45) is 3.17. The monoisotopic (exact) mass is 579 g/mol. The SMILES string of the molecule is Cc1ccc(S(=O)(=O)N2C[C@]3(CCCc4ccccc43)[C@@H]2C[Si](c2ccccc2)(c2ccccc2)C(C)(C)C)cc1. The van der Waals surface area contributed by atoms with E-state index in [-0.39, 0.29) is 16.5 Å². The standard InChI is InChI=1S/C36H41NO2SSi/c1-28-21-23-30(24-22-28)40(38,39)37-27-36(25-13-15-29-14-11-12-20-33(29)36)34(37)26-41(35(2,3)4,31-16-7-5-8-17-31)32-18-9-6-10-19-32/h5-12,14,16-24,34H,13,15,25-27H2,1-4H3/t34-,36-/m0/s1. The summed E-state index contributed by atoms with van der Waals surface area (Å²) in [5.74, 6) is 0. The third-order valence-corrected chi connectivity index (χ3v) is 18.1. The van der Waals surface area contributed by atoms with Gasteiger partial charge in [0.05, 0.1) is 4.90 Å². The molecule has 0 unspecified atom stereocenters. The van der Waals surface area contributed by atoms with E-state index in [9.17, 15) is 8.42 Å². The van der Waals surface area contributed by atoms with Crippen LogP contribution in [0, 0.1) is 6.92 Å². The first-order chi connectivity index (χ1) is 19.6. The minimum absolute atomic E-state index is 0.0556. The molecule has 0 amide bonds. The Balaban J connectivity index is 1.57. The fourth-order valence-electron chi connectivity index (χ4n) is 7.83. The second kappa shape index (κ2) is 10.4. The van der Waals surface area contributed by atoms with Gasteiger partial charge in [0.2, 0.25) is 10.0 Å². The van der Waals surface area contributed by atoms with Gasteiger partial charge in [0.15, 0.2) is 0 Å². The van der Waals surface area contributed by atoms with Crippen molar-refractivity contribution >= 4 is 28.5 Å². The lowest BCUT2D eigenvalue weighted by molar-refractivity contribution is 0.0564. The lowest BCUT2D eigenvalue weighted by Crippen LogP contribution is -2.75. The van der Waals surface area contributed by atoms with E-state index in [1.807, 2.05) is 23.4 Å². The van der Waals surface area contributed by atoms with Gasteiger partial charge in [-0.1, -0.05) is 134 Å². The van der Waals surface area contributed by atoms with Crippen LogP contribution >= 0.6 is 0 Å². The Bertz CT molecular complexity index is 1590. The van der Waals surface area contributed by atoms with Gasteiger partial charge < -0.3 is 0 Å². The lowest BCUT2D eigenvalue weighted by atomic mass is 9.61. The van der Waals surface area contributed by atoms with Gasteiger partial charge >= 0.3 is 0 Å². The minimum atomic E-state index is -3.67. The Morgan fingerprint density at radius 1 is 0.805 bits per heavy atom. The van der Waals surface area contributed by atoms with Crippen LogP contribution in [-0.2, 0) is 21.9 Å². The third-order valence-electron chi connectivity index (χ3n) is 9.99. The van der Waals surface area contributed by atoms with Crippen LogP contribution in [0.5, 0.6) is 0 Å². The summed E-state index contributed by atoms with van der Waals surface area (Å²) in [6, 6.07) is 38.9. The normalized spacial score (nSPS) is 21.3. The van der Waals surface area contributed by atoms with Crippen LogP contribution in [0.4, 0.5) is 0 Å². The zero-order valence-electron chi connectivity index (χ0n) is 24.7. The largest absolute Gasteiger partial charge is 0.243 e. The van der Waals surface area contributed by atoms with Crippen molar-refractivity contribution in [3.05, 3.63) is 126 Å². The van der Waals surface area contributed by atoms with Gasteiger partial charge in [0.1, 0.15) is 8.07 Å². The number of sulfonamides is 1. The number of nitrogens with zero attached hydrogens (tertiary/aromatic N) is 1. The van der Waals surface area contributed by atoms with Crippen molar-refractivity contribution in [2.24, 2.45) is 0 Å². The van der Waals surface area contributed by atoms with Crippen molar-refractivity contribution in [2.45, 2.75) is 74.4 Å². The highest BCUT2D eigenvalue weighted by molar-refractivity contribution is 7.89. The molecule has 1 saturated heterocycles. The Morgan fingerprint density at radius 3 is 1.95 bits per heavy atom. The summed E-state index contributed by atoms with van der Waals surface area (Å²) in [7, 11) is -6.22. The molecule has 2 aliphatic rings. The Labute approximate surface area is 247 Å². The van der Waals surface area contributed by atoms with Crippen molar-refractivity contribution in [2.75, 3.05) is 6.54 Å². The fraction of sp³-hybridized carbons (Fsp3) is 0.333. The number of fused-ring (bicyclic) bond motifs is 2. The molecule has 1 heterocycles. The molecule has 4 aromatic carbocycles. The fourth-order valence-corrected chi connectivity index (χ4v) is 15.6. The average molecular weight is 580 g/mol. The second-order valence-electron chi connectivity index (χ2n) is 13.1. The third kappa shape index (κ3) is 4.53. The van der Waals surface area contributed by atoms with Gasteiger partial charge in [-0.25, -0.2) is 8.42 Å². The average Bonchev–Trinajstić information content (AvgIpc) is 2.97. The molecule has 0 bridgehead atoms. The molecule has 0 saturated carbocycles. The highest BCUT2D eigenvalue weighted by Crippen LogP contribution is 2.55. The number of hydrogen-bond acceptors (Lipinski definition) is 2. The lowest BCUT2D eigenvalue weighted by Gasteiger charge is -2.62.